The number of hydrogen-bond donors (Lipinski definition) is 3. The smallest absolute Gasteiger partial charge is 0.268 e. The number of hydrogen-bond acceptors (Lipinski definition) is 4. The Morgan fingerprint density at radius 1 is 1.40 bits per heavy atom. The first-order valence-corrected chi connectivity index (χ1v) is 6.41. The van der Waals surface area contributed by atoms with E-state index in [1.807, 2.05) is 13.8 Å². The second-order valence-electron chi connectivity index (χ2n) is 4.19. The van der Waals surface area contributed by atoms with Crippen LogP contribution in [0.2, 0.25) is 0 Å². The highest BCUT2D eigenvalue weighted by atomic mass is 32.2. The molecule has 0 saturated heterocycles. The molecule has 5 nitrogen and oxygen atoms in total. The molecular weight excluding hydrogens is 216 g/mol. The van der Waals surface area contributed by atoms with E-state index in [1.54, 1.807) is 0 Å². The summed E-state index contributed by atoms with van der Waals surface area (Å²) in [6, 6.07) is 0. The van der Waals surface area contributed by atoms with Gasteiger partial charge in [0.05, 0.1) is 5.25 Å². The van der Waals surface area contributed by atoms with Crippen LogP contribution >= 0.6 is 0 Å². The third-order valence-corrected chi connectivity index (χ3v) is 4.41. The first-order valence-electron chi connectivity index (χ1n) is 4.91. The van der Waals surface area contributed by atoms with Gasteiger partial charge in [0, 0.05) is 6.54 Å². The molecule has 0 radical (unpaired) electrons. The molecule has 0 heterocycles. The summed E-state index contributed by atoms with van der Waals surface area (Å²) in [6.45, 7) is 4.29. The van der Waals surface area contributed by atoms with Crippen molar-refractivity contribution >= 4 is 10.1 Å². The van der Waals surface area contributed by atoms with Crippen LogP contribution in [-0.4, -0.2) is 24.8 Å². The molecule has 6 heteroatoms. The number of rotatable bonds is 3. The lowest BCUT2D eigenvalue weighted by molar-refractivity contribution is 0.386. The molecule has 0 fully saturated rings. The minimum Gasteiger partial charge on any atom is -0.285 e. The quantitative estimate of drug-likeness (QED) is 0.285. The predicted molar refractivity (Wildman–Crippen MR) is 58.6 cm³/mol. The van der Waals surface area contributed by atoms with Crippen LogP contribution in [0.15, 0.2) is 11.1 Å². The highest BCUT2D eigenvalue weighted by Crippen LogP contribution is 2.32. The van der Waals surface area contributed by atoms with Crippen molar-refractivity contribution in [3.8, 4) is 0 Å². The van der Waals surface area contributed by atoms with Crippen molar-refractivity contribution in [1.29, 1.82) is 0 Å². The maximum Gasteiger partial charge on any atom is 0.268 e. The van der Waals surface area contributed by atoms with Gasteiger partial charge in [0.25, 0.3) is 10.1 Å². The van der Waals surface area contributed by atoms with Crippen LogP contribution in [0.25, 0.3) is 0 Å². The minimum absolute atomic E-state index is 0.145. The molecule has 88 valence electrons. The molecule has 0 aromatic rings. The second-order valence-corrected chi connectivity index (χ2v) is 5.83. The fourth-order valence-electron chi connectivity index (χ4n) is 2.05. The Hall–Kier alpha value is -0.430. The first kappa shape index (κ1) is 12.6. The summed E-state index contributed by atoms with van der Waals surface area (Å²) in [5.41, 5.74) is 4.71. The van der Waals surface area contributed by atoms with Crippen molar-refractivity contribution in [2.24, 2.45) is 11.8 Å². The normalized spacial score (nSPS) is 28.3. The Kier molecular flexibility index (Phi) is 3.88. The fraction of sp³-hybridized carbons (Fsp3) is 0.778. The van der Waals surface area contributed by atoms with Crippen molar-refractivity contribution in [3.63, 3.8) is 0 Å². The van der Waals surface area contributed by atoms with E-state index in [2.05, 4.69) is 5.43 Å². The average Bonchev–Trinajstić information content (AvgIpc) is 2.09. The predicted octanol–water partition coefficient (Wildman–Crippen LogP) is 0.453. The Labute approximate surface area is 90.5 Å². The molecule has 0 aliphatic heterocycles. The Bertz CT molecular complexity index is 362. The van der Waals surface area contributed by atoms with E-state index < -0.39 is 15.4 Å². The largest absolute Gasteiger partial charge is 0.285 e. The molecule has 1 rings (SSSR count). The van der Waals surface area contributed by atoms with Crippen LogP contribution < -0.4 is 11.3 Å². The topological polar surface area (TPSA) is 92.4 Å². The molecule has 2 unspecified atom stereocenters. The van der Waals surface area contributed by atoms with Gasteiger partial charge in [-0.2, -0.15) is 8.42 Å². The van der Waals surface area contributed by atoms with E-state index in [0.29, 0.717) is 19.4 Å². The maximum absolute atomic E-state index is 11.2. The van der Waals surface area contributed by atoms with Gasteiger partial charge in [-0.3, -0.25) is 15.8 Å². The summed E-state index contributed by atoms with van der Waals surface area (Å²) in [5.74, 6) is 5.06. The van der Waals surface area contributed by atoms with Gasteiger partial charge in [-0.1, -0.05) is 11.1 Å². The lowest BCUT2D eigenvalue weighted by Crippen LogP contribution is -2.41. The molecule has 0 aromatic heterocycles. The van der Waals surface area contributed by atoms with Gasteiger partial charge in [-0.05, 0) is 32.6 Å². The average molecular weight is 234 g/mol. The van der Waals surface area contributed by atoms with Gasteiger partial charge in [0.1, 0.15) is 0 Å². The zero-order valence-corrected chi connectivity index (χ0v) is 9.84. The van der Waals surface area contributed by atoms with Gasteiger partial charge >= 0.3 is 0 Å². The van der Waals surface area contributed by atoms with Gasteiger partial charge < -0.3 is 0 Å². The maximum atomic E-state index is 11.2. The summed E-state index contributed by atoms with van der Waals surface area (Å²) in [5, 5.41) is -0.725. The Balaban J connectivity index is 2.94. The van der Waals surface area contributed by atoms with E-state index in [-0.39, 0.29) is 5.92 Å². The van der Waals surface area contributed by atoms with Crippen LogP contribution in [0.5, 0.6) is 0 Å². The van der Waals surface area contributed by atoms with Gasteiger partial charge in [0.15, 0.2) is 0 Å². The molecule has 0 bridgehead atoms. The van der Waals surface area contributed by atoms with Crippen LogP contribution in [0.4, 0.5) is 0 Å². The monoisotopic (exact) mass is 234 g/mol. The van der Waals surface area contributed by atoms with Crippen LogP contribution in [0.3, 0.4) is 0 Å². The number of hydrazine groups is 1. The molecular formula is C9H18N2O3S. The summed E-state index contributed by atoms with van der Waals surface area (Å²) >= 11 is 0. The lowest BCUT2D eigenvalue weighted by Gasteiger charge is -2.30. The standard InChI is InChI=1S/C9H18N2O3S/c1-6-3-8(5-11-10)9(4-7(6)2)15(12,13)14/h8-9,11H,3-5,10H2,1-2H3,(H,12,13,14). The van der Waals surface area contributed by atoms with Gasteiger partial charge in [-0.25, -0.2) is 0 Å². The molecule has 1 aliphatic rings. The molecule has 15 heavy (non-hydrogen) atoms. The van der Waals surface area contributed by atoms with E-state index in [1.165, 1.54) is 5.57 Å². The molecule has 0 aromatic carbocycles. The molecule has 4 N–H and O–H groups in total. The third kappa shape index (κ3) is 3.01. The van der Waals surface area contributed by atoms with Crippen LogP contribution in [0.1, 0.15) is 26.7 Å². The van der Waals surface area contributed by atoms with Crippen molar-refractivity contribution in [1.82, 2.24) is 5.43 Å². The van der Waals surface area contributed by atoms with Crippen LogP contribution in [-0.2, 0) is 10.1 Å². The number of nitrogens with one attached hydrogen (secondary N) is 1. The van der Waals surface area contributed by atoms with Gasteiger partial charge in [0.2, 0.25) is 0 Å². The lowest BCUT2D eigenvalue weighted by atomic mass is 9.85. The molecule has 0 amide bonds. The highest BCUT2D eigenvalue weighted by Gasteiger charge is 2.35. The first-order chi connectivity index (χ1) is 6.86. The minimum atomic E-state index is -3.98. The fourth-order valence-corrected chi connectivity index (χ4v) is 3.18. The second kappa shape index (κ2) is 4.61. The van der Waals surface area contributed by atoms with E-state index in [0.717, 1.165) is 5.57 Å². The Morgan fingerprint density at radius 2 is 1.93 bits per heavy atom. The van der Waals surface area contributed by atoms with E-state index in [4.69, 9.17) is 10.4 Å². The van der Waals surface area contributed by atoms with Crippen molar-refractivity contribution < 1.29 is 13.0 Å². The number of allylic oxidation sites excluding steroid dienone is 2. The van der Waals surface area contributed by atoms with Gasteiger partial charge in [-0.15, -0.1) is 0 Å². The Morgan fingerprint density at radius 3 is 2.40 bits per heavy atom. The van der Waals surface area contributed by atoms with E-state index >= 15 is 0 Å². The van der Waals surface area contributed by atoms with Crippen molar-refractivity contribution in [2.75, 3.05) is 6.54 Å². The molecule has 2 atom stereocenters. The molecule has 0 spiro atoms. The zero-order chi connectivity index (χ0) is 11.6. The molecule has 1 aliphatic carbocycles. The summed E-state index contributed by atoms with van der Waals surface area (Å²) < 4.78 is 31.5. The SMILES string of the molecule is CC1=C(C)CC(S(=O)(=O)O)C(CNN)C1. The molecule has 0 saturated carbocycles. The third-order valence-electron chi connectivity index (χ3n) is 3.09. The summed E-state index contributed by atoms with van der Waals surface area (Å²) in [7, 11) is -3.98. The summed E-state index contributed by atoms with van der Waals surface area (Å²) in [6.07, 6.45) is 1.07. The number of nitrogens with two attached hydrogens (primary N) is 1. The van der Waals surface area contributed by atoms with Crippen LogP contribution in [0, 0.1) is 5.92 Å². The highest BCUT2D eigenvalue weighted by molar-refractivity contribution is 7.86. The summed E-state index contributed by atoms with van der Waals surface area (Å²) in [4.78, 5) is 0. The van der Waals surface area contributed by atoms with E-state index in [9.17, 15) is 8.42 Å². The van der Waals surface area contributed by atoms with Crippen molar-refractivity contribution in [3.05, 3.63) is 11.1 Å². The van der Waals surface area contributed by atoms with Crippen molar-refractivity contribution in [2.45, 2.75) is 31.9 Å². The zero-order valence-electron chi connectivity index (χ0n) is 9.03.